The van der Waals surface area contributed by atoms with Crippen LogP contribution >= 0.6 is 0 Å². The Morgan fingerprint density at radius 2 is 1.65 bits per heavy atom. The molecule has 0 amide bonds. The van der Waals surface area contributed by atoms with Crippen molar-refractivity contribution in [1.29, 1.82) is 0 Å². The number of aliphatic hydroxyl groups is 1. The maximum atomic E-state index is 9.96. The molecule has 0 heterocycles. The molecule has 3 nitrogen and oxygen atoms in total. The monoisotopic (exact) mass is 236 g/mol. The molecule has 0 aliphatic heterocycles. The highest BCUT2D eigenvalue weighted by Gasteiger charge is 2.23. The van der Waals surface area contributed by atoms with Crippen molar-refractivity contribution in [3.8, 4) is 11.5 Å². The van der Waals surface area contributed by atoms with Gasteiger partial charge in [0.25, 0.3) is 0 Å². The molecule has 0 saturated heterocycles. The first kappa shape index (κ1) is 12.2. The van der Waals surface area contributed by atoms with Gasteiger partial charge in [-0.2, -0.15) is 0 Å². The molecule has 2 unspecified atom stereocenters. The van der Waals surface area contributed by atoms with Crippen LogP contribution in [-0.4, -0.2) is 24.4 Å². The second-order valence-corrected chi connectivity index (χ2v) is 4.54. The van der Waals surface area contributed by atoms with Gasteiger partial charge in [0.1, 0.15) is 17.6 Å². The molecule has 94 valence electrons. The Labute approximate surface area is 102 Å². The summed E-state index contributed by atoms with van der Waals surface area (Å²) in [5.74, 6) is 1.62. The van der Waals surface area contributed by atoms with Crippen molar-refractivity contribution < 1.29 is 14.6 Å². The van der Waals surface area contributed by atoms with Crippen molar-refractivity contribution in [3.63, 3.8) is 0 Å². The average Bonchev–Trinajstić information content (AvgIpc) is 2.56. The zero-order chi connectivity index (χ0) is 12.1. The van der Waals surface area contributed by atoms with Gasteiger partial charge in [-0.3, -0.25) is 0 Å². The topological polar surface area (TPSA) is 38.7 Å². The van der Waals surface area contributed by atoms with E-state index in [4.69, 9.17) is 9.47 Å². The van der Waals surface area contributed by atoms with E-state index >= 15 is 0 Å². The molecular weight excluding hydrogens is 216 g/mol. The van der Waals surface area contributed by atoms with Crippen LogP contribution in [0.25, 0.3) is 0 Å². The predicted molar refractivity (Wildman–Crippen MR) is 66.5 cm³/mol. The first-order valence-corrected chi connectivity index (χ1v) is 6.28. The van der Waals surface area contributed by atoms with Crippen molar-refractivity contribution in [1.82, 2.24) is 0 Å². The molecule has 2 rings (SSSR count). The van der Waals surface area contributed by atoms with Gasteiger partial charge in [0.05, 0.1) is 13.2 Å². The summed E-state index contributed by atoms with van der Waals surface area (Å²) < 4.78 is 10.9. The summed E-state index contributed by atoms with van der Waals surface area (Å²) in [5.41, 5.74) is 0. The molecule has 17 heavy (non-hydrogen) atoms. The Bertz CT molecular complexity index is 334. The molecule has 1 fully saturated rings. The van der Waals surface area contributed by atoms with Crippen LogP contribution < -0.4 is 9.47 Å². The van der Waals surface area contributed by atoms with E-state index in [1.54, 1.807) is 7.11 Å². The summed E-state index contributed by atoms with van der Waals surface area (Å²) in [6.07, 6.45) is 4.82. The lowest BCUT2D eigenvalue weighted by Gasteiger charge is -2.22. The molecule has 3 heteroatoms. The van der Waals surface area contributed by atoms with Gasteiger partial charge in [0.15, 0.2) is 0 Å². The molecule has 1 saturated carbocycles. The molecule has 0 spiro atoms. The lowest BCUT2D eigenvalue weighted by molar-refractivity contribution is 0.0319. The fourth-order valence-corrected chi connectivity index (χ4v) is 2.22. The second kappa shape index (κ2) is 5.92. The first-order chi connectivity index (χ1) is 8.29. The number of rotatable bonds is 3. The highest BCUT2D eigenvalue weighted by molar-refractivity contribution is 5.31. The highest BCUT2D eigenvalue weighted by atomic mass is 16.5. The van der Waals surface area contributed by atoms with Crippen LogP contribution in [0.2, 0.25) is 0 Å². The number of hydrogen-bond donors (Lipinski definition) is 1. The lowest BCUT2D eigenvalue weighted by Crippen LogP contribution is -2.30. The zero-order valence-corrected chi connectivity index (χ0v) is 10.3. The van der Waals surface area contributed by atoms with E-state index in [0.29, 0.717) is 0 Å². The van der Waals surface area contributed by atoms with Gasteiger partial charge in [0.2, 0.25) is 0 Å². The SMILES string of the molecule is COc1ccc(OC2CCCCCC2O)cc1. The number of hydrogen-bond acceptors (Lipinski definition) is 3. The summed E-state index contributed by atoms with van der Waals surface area (Å²) in [4.78, 5) is 0. The molecule has 2 atom stereocenters. The van der Waals surface area contributed by atoms with Crippen LogP contribution in [0.15, 0.2) is 24.3 Å². The molecule has 1 aliphatic rings. The molecule has 1 aromatic rings. The molecule has 1 N–H and O–H groups in total. The van der Waals surface area contributed by atoms with Gasteiger partial charge in [-0.05, 0) is 43.5 Å². The van der Waals surface area contributed by atoms with Crippen LogP contribution in [0.1, 0.15) is 32.1 Å². The quantitative estimate of drug-likeness (QED) is 0.820. The van der Waals surface area contributed by atoms with Crippen molar-refractivity contribution >= 4 is 0 Å². The normalized spacial score (nSPS) is 25.1. The smallest absolute Gasteiger partial charge is 0.124 e. The minimum absolute atomic E-state index is 0.0640. The van der Waals surface area contributed by atoms with Crippen molar-refractivity contribution in [2.24, 2.45) is 0 Å². The van der Waals surface area contributed by atoms with Gasteiger partial charge < -0.3 is 14.6 Å². The van der Waals surface area contributed by atoms with Crippen molar-refractivity contribution in [2.45, 2.75) is 44.3 Å². The van der Waals surface area contributed by atoms with Crippen LogP contribution in [0.3, 0.4) is 0 Å². The summed E-state index contributed by atoms with van der Waals surface area (Å²) >= 11 is 0. The third-order valence-electron chi connectivity index (χ3n) is 3.26. The lowest BCUT2D eigenvalue weighted by atomic mass is 10.1. The minimum atomic E-state index is -0.334. The van der Waals surface area contributed by atoms with E-state index in [1.165, 1.54) is 6.42 Å². The van der Waals surface area contributed by atoms with Gasteiger partial charge in [-0.1, -0.05) is 12.8 Å². The Hall–Kier alpha value is -1.22. The fourth-order valence-electron chi connectivity index (χ4n) is 2.22. The first-order valence-electron chi connectivity index (χ1n) is 6.28. The molecule has 0 bridgehead atoms. The Morgan fingerprint density at radius 1 is 1.00 bits per heavy atom. The van der Waals surface area contributed by atoms with Crippen molar-refractivity contribution in [3.05, 3.63) is 24.3 Å². The summed E-state index contributed by atoms with van der Waals surface area (Å²) in [7, 11) is 1.64. The zero-order valence-electron chi connectivity index (χ0n) is 10.3. The van der Waals surface area contributed by atoms with E-state index in [2.05, 4.69) is 0 Å². The summed E-state index contributed by atoms with van der Waals surface area (Å²) in [5, 5.41) is 9.96. The molecular formula is C14H20O3. The van der Waals surface area contributed by atoms with E-state index < -0.39 is 0 Å². The number of ether oxygens (including phenoxy) is 2. The summed E-state index contributed by atoms with van der Waals surface area (Å²) in [6, 6.07) is 7.52. The van der Waals surface area contributed by atoms with Crippen LogP contribution in [0, 0.1) is 0 Å². The average molecular weight is 236 g/mol. The van der Waals surface area contributed by atoms with Crippen LogP contribution in [0.4, 0.5) is 0 Å². The standard InChI is InChI=1S/C14H20O3/c1-16-11-7-9-12(10-8-11)17-14-6-4-2-3-5-13(14)15/h7-10,13-15H,2-6H2,1H3. The molecule has 0 aromatic heterocycles. The van der Waals surface area contributed by atoms with Crippen molar-refractivity contribution in [2.75, 3.05) is 7.11 Å². The van der Waals surface area contributed by atoms with Crippen LogP contribution in [0.5, 0.6) is 11.5 Å². The molecule has 1 aliphatic carbocycles. The number of benzene rings is 1. The van der Waals surface area contributed by atoms with E-state index in [9.17, 15) is 5.11 Å². The van der Waals surface area contributed by atoms with Gasteiger partial charge in [-0.15, -0.1) is 0 Å². The van der Waals surface area contributed by atoms with E-state index in [0.717, 1.165) is 37.2 Å². The molecule has 0 radical (unpaired) electrons. The summed E-state index contributed by atoms with van der Waals surface area (Å²) in [6.45, 7) is 0. The molecule has 1 aromatic carbocycles. The predicted octanol–water partition coefficient (Wildman–Crippen LogP) is 2.77. The largest absolute Gasteiger partial charge is 0.497 e. The minimum Gasteiger partial charge on any atom is -0.497 e. The van der Waals surface area contributed by atoms with E-state index in [-0.39, 0.29) is 12.2 Å². The van der Waals surface area contributed by atoms with Crippen LogP contribution in [-0.2, 0) is 0 Å². The van der Waals surface area contributed by atoms with Gasteiger partial charge >= 0.3 is 0 Å². The van der Waals surface area contributed by atoms with E-state index in [1.807, 2.05) is 24.3 Å². The number of methoxy groups -OCH3 is 1. The third kappa shape index (κ3) is 3.37. The van der Waals surface area contributed by atoms with Gasteiger partial charge in [0, 0.05) is 0 Å². The second-order valence-electron chi connectivity index (χ2n) is 4.54. The van der Waals surface area contributed by atoms with Gasteiger partial charge in [-0.25, -0.2) is 0 Å². The maximum absolute atomic E-state index is 9.96. The fraction of sp³-hybridized carbons (Fsp3) is 0.571. The highest BCUT2D eigenvalue weighted by Crippen LogP contribution is 2.24. The third-order valence-corrected chi connectivity index (χ3v) is 3.26. The maximum Gasteiger partial charge on any atom is 0.124 e. The Kier molecular flexibility index (Phi) is 4.26. The Morgan fingerprint density at radius 3 is 2.35 bits per heavy atom. The Balaban J connectivity index is 1.98. The number of aliphatic hydroxyl groups excluding tert-OH is 1.